The molecule has 0 bridgehead atoms. The normalized spacial score (nSPS) is 10.5. The standard InChI is InChI=1S/C10H9FN2OS/c11-8-3-1-7(2-4-8)9-6-15-10(13-9)5-14-12/h1-4,6H,5,12H2. The summed E-state index contributed by atoms with van der Waals surface area (Å²) < 4.78 is 12.7. The van der Waals surface area contributed by atoms with Gasteiger partial charge in [0.2, 0.25) is 0 Å². The van der Waals surface area contributed by atoms with Crippen LogP contribution in [0.15, 0.2) is 29.6 Å². The Morgan fingerprint density at radius 2 is 2.07 bits per heavy atom. The van der Waals surface area contributed by atoms with Gasteiger partial charge in [0.1, 0.15) is 17.4 Å². The number of thiazole rings is 1. The summed E-state index contributed by atoms with van der Waals surface area (Å²) in [6.07, 6.45) is 0. The molecule has 0 radical (unpaired) electrons. The van der Waals surface area contributed by atoms with E-state index >= 15 is 0 Å². The minimum absolute atomic E-state index is 0.250. The highest BCUT2D eigenvalue weighted by Gasteiger charge is 2.04. The largest absolute Gasteiger partial charge is 0.297 e. The highest BCUT2D eigenvalue weighted by Crippen LogP contribution is 2.22. The number of benzene rings is 1. The van der Waals surface area contributed by atoms with Crippen LogP contribution in [0.5, 0.6) is 0 Å². The fourth-order valence-corrected chi connectivity index (χ4v) is 1.93. The average molecular weight is 224 g/mol. The van der Waals surface area contributed by atoms with Crippen LogP contribution in [0.3, 0.4) is 0 Å². The fourth-order valence-electron chi connectivity index (χ4n) is 1.20. The van der Waals surface area contributed by atoms with Gasteiger partial charge in [-0.3, -0.25) is 4.84 Å². The van der Waals surface area contributed by atoms with E-state index in [1.807, 2.05) is 5.38 Å². The summed E-state index contributed by atoms with van der Waals surface area (Å²) in [6, 6.07) is 6.20. The van der Waals surface area contributed by atoms with E-state index in [2.05, 4.69) is 9.82 Å². The topological polar surface area (TPSA) is 48.1 Å². The first-order valence-corrected chi connectivity index (χ1v) is 5.19. The minimum Gasteiger partial charge on any atom is -0.297 e. The number of aromatic nitrogens is 1. The third kappa shape index (κ3) is 2.38. The molecule has 2 rings (SSSR count). The van der Waals surface area contributed by atoms with E-state index in [0.717, 1.165) is 16.3 Å². The summed E-state index contributed by atoms with van der Waals surface area (Å²) in [5.74, 6) is 4.69. The molecule has 0 spiro atoms. The second-order valence-electron chi connectivity index (χ2n) is 2.94. The first-order chi connectivity index (χ1) is 7.29. The molecule has 0 fully saturated rings. The van der Waals surface area contributed by atoms with Crippen molar-refractivity contribution in [3.05, 3.63) is 40.5 Å². The van der Waals surface area contributed by atoms with E-state index in [0.29, 0.717) is 6.61 Å². The molecule has 0 unspecified atom stereocenters. The van der Waals surface area contributed by atoms with Crippen LogP contribution >= 0.6 is 11.3 Å². The van der Waals surface area contributed by atoms with E-state index in [-0.39, 0.29) is 5.82 Å². The maximum absolute atomic E-state index is 12.7. The monoisotopic (exact) mass is 224 g/mol. The molecular formula is C10H9FN2OS. The van der Waals surface area contributed by atoms with Crippen molar-refractivity contribution in [2.24, 2.45) is 5.90 Å². The zero-order valence-electron chi connectivity index (χ0n) is 7.81. The van der Waals surface area contributed by atoms with Gasteiger partial charge in [-0.1, -0.05) is 0 Å². The number of halogens is 1. The quantitative estimate of drug-likeness (QED) is 0.814. The van der Waals surface area contributed by atoms with Crippen molar-refractivity contribution in [1.82, 2.24) is 4.98 Å². The van der Waals surface area contributed by atoms with Crippen molar-refractivity contribution >= 4 is 11.3 Å². The fraction of sp³-hybridized carbons (Fsp3) is 0.100. The zero-order chi connectivity index (χ0) is 10.7. The van der Waals surface area contributed by atoms with Crippen LogP contribution < -0.4 is 5.90 Å². The van der Waals surface area contributed by atoms with Crippen molar-refractivity contribution in [2.45, 2.75) is 6.61 Å². The van der Waals surface area contributed by atoms with Crippen LogP contribution in [0, 0.1) is 5.82 Å². The van der Waals surface area contributed by atoms with Gasteiger partial charge in [0.05, 0.1) is 5.69 Å². The molecule has 78 valence electrons. The Morgan fingerprint density at radius 3 is 2.73 bits per heavy atom. The second kappa shape index (κ2) is 4.48. The molecule has 1 aromatic carbocycles. The van der Waals surface area contributed by atoms with Gasteiger partial charge in [-0.2, -0.15) is 0 Å². The lowest BCUT2D eigenvalue weighted by Crippen LogP contribution is -1.97. The molecule has 0 aliphatic heterocycles. The van der Waals surface area contributed by atoms with Crippen LogP contribution in [0.2, 0.25) is 0 Å². The highest BCUT2D eigenvalue weighted by molar-refractivity contribution is 7.09. The molecular weight excluding hydrogens is 215 g/mol. The second-order valence-corrected chi connectivity index (χ2v) is 3.89. The Labute approximate surface area is 90.3 Å². The van der Waals surface area contributed by atoms with Crippen molar-refractivity contribution in [3.8, 4) is 11.3 Å². The molecule has 5 heteroatoms. The van der Waals surface area contributed by atoms with Gasteiger partial charge in [0.25, 0.3) is 0 Å². The van der Waals surface area contributed by atoms with Gasteiger partial charge in [-0.25, -0.2) is 15.3 Å². The molecule has 15 heavy (non-hydrogen) atoms. The summed E-state index contributed by atoms with van der Waals surface area (Å²) in [7, 11) is 0. The Kier molecular flexibility index (Phi) is 3.05. The van der Waals surface area contributed by atoms with Gasteiger partial charge >= 0.3 is 0 Å². The van der Waals surface area contributed by atoms with Gasteiger partial charge in [0.15, 0.2) is 0 Å². The summed E-state index contributed by atoms with van der Waals surface area (Å²) in [6.45, 7) is 0.297. The van der Waals surface area contributed by atoms with Crippen LogP contribution in [-0.2, 0) is 11.4 Å². The van der Waals surface area contributed by atoms with Crippen molar-refractivity contribution in [3.63, 3.8) is 0 Å². The van der Waals surface area contributed by atoms with Gasteiger partial charge in [0, 0.05) is 10.9 Å². The maximum atomic E-state index is 12.7. The Bertz CT molecular complexity index is 441. The Hall–Kier alpha value is -1.30. The third-order valence-corrected chi connectivity index (χ3v) is 2.72. The van der Waals surface area contributed by atoms with E-state index < -0.39 is 0 Å². The molecule has 1 heterocycles. The van der Waals surface area contributed by atoms with Crippen LogP contribution in [0.1, 0.15) is 5.01 Å². The highest BCUT2D eigenvalue weighted by atomic mass is 32.1. The van der Waals surface area contributed by atoms with E-state index in [4.69, 9.17) is 5.90 Å². The molecule has 0 amide bonds. The number of hydrogen-bond acceptors (Lipinski definition) is 4. The van der Waals surface area contributed by atoms with E-state index in [1.165, 1.54) is 23.5 Å². The SMILES string of the molecule is NOCc1nc(-c2ccc(F)cc2)cs1. The lowest BCUT2D eigenvalue weighted by molar-refractivity contribution is 0.124. The number of nitrogens with zero attached hydrogens (tertiary/aromatic N) is 1. The van der Waals surface area contributed by atoms with E-state index in [1.54, 1.807) is 12.1 Å². The molecule has 3 nitrogen and oxygen atoms in total. The Morgan fingerprint density at radius 1 is 1.33 bits per heavy atom. The third-order valence-electron chi connectivity index (χ3n) is 1.90. The minimum atomic E-state index is -0.250. The summed E-state index contributed by atoms with van der Waals surface area (Å²) >= 11 is 1.46. The zero-order valence-corrected chi connectivity index (χ0v) is 8.63. The predicted octanol–water partition coefficient (Wildman–Crippen LogP) is 2.34. The maximum Gasteiger partial charge on any atom is 0.123 e. The first kappa shape index (κ1) is 10.2. The molecule has 0 aliphatic rings. The number of hydrogen-bond donors (Lipinski definition) is 1. The van der Waals surface area contributed by atoms with Crippen LogP contribution in [0.25, 0.3) is 11.3 Å². The van der Waals surface area contributed by atoms with Crippen molar-refractivity contribution in [1.29, 1.82) is 0 Å². The van der Waals surface area contributed by atoms with Gasteiger partial charge in [-0.15, -0.1) is 11.3 Å². The van der Waals surface area contributed by atoms with Crippen LogP contribution in [0.4, 0.5) is 4.39 Å². The van der Waals surface area contributed by atoms with Gasteiger partial charge < -0.3 is 0 Å². The Balaban J connectivity index is 2.25. The molecule has 2 N–H and O–H groups in total. The van der Waals surface area contributed by atoms with Crippen molar-refractivity contribution in [2.75, 3.05) is 0 Å². The lowest BCUT2D eigenvalue weighted by Gasteiger charge is -1.95. The van der Waals surface area contributed by atoms with Crippen LogP contribution in [-0.4, -0.2) is 4.98 Å². The van der Waals surface area contributed by atoms with E-state index in [9.17, 15) is 4.39 Å². The van der Waals surface area contributed by atoms with Crippen molar-refractivity contribution < 1.29 is 9.23 Å². The molecule has 0 aliphatic carbocycles. The average Bonchev–Trinajstić information content (AvgIpc) is 2.68. The molecule has 0 atom stereocenters. The summed E-state index contributed by atoms with van der Waals surface area (Å²) in [5, 5.41) is 2.69. The summed E-state index contributed by atoms with van der Waals surface area (Å²) in [5.41, 5.74) is 1.70. The number of nitrogens with two attached hydrogens (primary N) is 1. The predicted molar refractivity (Wildman–Crippen MR) is 56.5 cm³/mol. The molecule has 0 saturated heterocycles. The summed E-state index contributed by atoms with van der Waals surface area (Å²) in [4.78, 5) is 8.78. The lowest BCUT2D eigenvalue weighted by atomic mass is 10.2. The molecule has 2 aromatic rings. The first-order valence-electron chi connectivity index (χ1n) is 4.31. The number of rotatable bonds is 3. The smallest absolute Gasteiger partial charge is 0.123 e. The molecule has 1 aromatic heterocycles. The molecule has 0 saturated carbocycles. The van der Waals surface area contributed by atoms with Gasteiger partial charge in [-0.05, 0) is 24.3 Å².